The van der Waals surface area contributed by atoms with E-state index in [9.17, 15) is 8.78 Å². The third kappa shape index (κ3) is 2.67. The fourth-order valence-electron chi connectivity index (χ4n) is 1.79. The summed E-state index contributed by atoms with van der Waals surface area (Å²) in [5.74, 6) is 4.56. The molecule has 0 bridgehead atoms. The largest absolute Gasteiger partial charge is 0.271 e. The van der Waals surface area contributed by atoms with E-state index in [1.807, 2.05) is 0 Å². The minimum Gasteiger partial charge on any atom is -0.271 e. The van der Waals surface area contributed by atoms with Crippen molar-refractivity contribution in [1.29, 1.82) is 0 Å². The first-order valence-electron chi connectivity index (χ1n) is 5.28. The minimum absolute atomic E-state index is 0.274. The predicted octanol–water partition coefficient (Wildman–Crippen LogP) is 3.17. The Labute approximate surface area is 108 Å². The molecule has 0 aliphatic carbocycles. The summed E-state index contributed by atoms with van der Waals surface area (Å²) in [5.41, 5.74) is 3.26. The molecule has 0 aromatic heterocycles. The molecule has 18 heavy (non-hydrogen) atoms. The molecular formula is C13H11ClF2N2. The Balaban J connectivity index is 2.48. The summed E-state index contributed by atoms with van der Waals surface area (Å²) in [6.07, 6.45) is 0. The van der Waals surface area contributed by atoms with Crippen molar-refractivity contribution in [2.24, 2.45) is 5.84 Å². The molecule has 0 saturated heterocycles. The number of rotatable bonds is 3. The Morgan fingerprint density at radius 1 is 1.11 bits per heavy atom. The summed E-state index contributed by atoms with van der Waals surface area (Å²) >= 11 is 5.83. The van der Waals surface area contributed by atoms with Crippen molar-refractivity contribution in [1.82, 2.24) is 5.43 Å². The van der Waals surface area contributed by atoms with E-state index >= 15 is 0 Å². The molecule has 0 radical (unpaired) electrons. The highest BCUT2D eigenvalue weighted by molar-refractivity contribution is 6.30. The molecule has 2 aromatic rings. The lowest BCUT2D eigenvalue weighted by atomic mass is 9.99. The molecule has 1 atom stereocenters. The fourth-order valence-corrected chi connectivity index (χ4v) is 1.97. The monoisotopic (exact) mass is 268 g/mol. The second-order valence-corrected chi connectivity index (χ2v) is 4.26. The van der Waals surface area contributed by atoms with Gasteiger partial charge in [-0.25, -0.2) is 14.2 Å². The lowest BCUT2D eigenvalue weighted by Gasteiger charge is -2.17. The SMILES string of the molecule is NNC(c1cccc(F)c1)c1cc(Cl)ccc1F. The average Bonchev–Trinajstić information content (AvgIpc) is 2.35. The van der Waals surface area contributed by atoms with E-state index in [0.717, 1.165) is 0 Å². The van der Waals surface area contributed by atoms with Crippen molar-refractivity contribution in [3.63, 3.8) is 0 Å². The standard InChI is InChI=1S/C13H11ClF2N2/c14-9-4-5-12(16)11(7-9)13(18-17)8-2-1-3-10(15)6-8/h1-7,13,18H,17H2. The lowest BCUT2D eigenvalue weighted by Crippen LogP contribution is -2.29. The van der Waals surface area contributed by atoms with Crippen molar-refractivity contribution in [3.8, 4) is 0 Å². The van der Waals surface area contributed by atoms with Crippen LogP contribution < -0.4 is 11.3 Å². The van der Waals surface area contributed by atoms with Crippen LogP contribution >= 0.6 is 11.6 Å². The first kappa shape index (κ1) is 13.0. The van der Waals surface area contributed by atoms with E-state index in [0.29, 0.717) is 10.6 Å². The van der Waals surface area contributed by atoms with E-state index in [-0.39, 0.29) is 5.56 Å². The van der Waals surface area contributed by atoms with Gasteiger partial charge in [0, 0.05) is 10.6 Å². The Kier molecular flexibility index (Phi) is 3.91. The Hall–Kier alpha value is -1.49. The zero-order chi connectivity index (χ0) is 13.1. The number of benzene rings is 2. The smallest absolute Gasteiger partial charge is 0.128 e. The van der Waals surface area contributed by atoms with Gasteiger partial charge in [0.15, 0.2) is 0 Å². The van der Waals surface area contributed by atoms with Crippen LogP contribution in [0.15, 0.2) is 42.5 Å². The maximum atomic E-state index is 13.7. The van der Waals surface area contributed by atoms with E-state index < -0.39 is 17.7 Å². The average molecular weight is 269 g/mol. The van der Waals surface area contributed by atoms with Gasteiger partial charge >= 0.3 is 0 Å². The van der Waals surface area contributed by atoms with Crippen molar-refractivity contribution < 1.29 is 8.78 Å². The van der Waals surface area contributed by atoms with Gasteiger partial charge in [-0.1, -0.05) is 23.7 Å². The molecule has 0 fully saturated rings. The van der Waals surface area contributed by atoms with Crippen molar-refractivity contribution in [3.05, 3.63) is 70.2 Å². The first-order valence-corrected chi connectivity index (χ1v) is 5.66. The number of hydrazine groups is 1. The zero-order valence-corrected chi connectivity index (χ0v) is 10.1. The van der Waals surface area contributed by atoms with Crippen LogP contribution in [0.5, 0.6) is 0 Å². The van der Waals surface area contributed by atoms with Crippen LogP contribution in [0.4, 0.5) is 8.78 Å². The normalized spacial score (nSPS) is 12.4. The molecule has 2 nitrogen and oxygen atoms in total. The second-order valence-electron chi connectivity index (χ2n) is 3.82. The molecule has 0 amide bonds. The molecule has 5 heteroatoms. The highest BCUT2D eigenvalue weighted by atomic mass is 35.5. The molecule has 2 aromatic carbocycles. The van der Waals surface area contributed by atoms with Crippen molar-refractivity contribution >= 4 is 11.6 Å². The van der Waals surface area contributed by atoms with Crippen LogP contribution in [0.25, 0.3) is 0 Å². The van der Waals surface area contributed by atoms with E-state index in [2.05, 4.69) is 5.43 Å². The van der Waals surface area contributed by atoms with Gasteiger partial charge in [0.05, 0.1) is 6.04 Å². The van der Waals surface area contributed by atoms with Crippen LogP contribution in [0.1, 0.15) is 17.2 Å². The topological polar surface area (TPSA) is 38.0 Å². The van der Waals surface area contributed by atoms with Crippen LogP contribution in [0.3, 0.4) is 0 Å². The van der Waals surface area contributed by atoms with Gasteiger partial charge in [-0.05, 0) is 35.9 Å². The highest BCUT2D eigenvalue weighted by Gasteiger charge is 2.17. The maximum Gasteiger partial charge on any atom is 0.128 e. The van der Waals surface area contributed by atoms with Crippen LogP contribution in [0.2, 0.25) is 5.02 Å². The molecule has 0 spiro atoms. The minimum atomic E-state index is -0.653. The fraction of sp³-hybridized carbons (Fsp3) is 0.0769. The number of nitrogens with two attached hydrogens (primary N) is 1. The summed E-state index contributed by atoms with van der Waals surface area (Å²) in [6, 6.07) is 9.31. The Morgan fingerprint density at radius 3 is 2.56 bits per heavy atom. The van der Waals surface area contributed by atoms with Gasteiger partial charge in [-0.2, -0.15) is 0 Å². The number of hydrogen-bond acceptors (Lipinski definition) is 2. The summed E-state index contributed by atoms with van der Waals surface area (Å²) in [4.78, 5) is 0. The third-order valence-electron chi connectivity index (χ3n) is 2.62. The molecule has 1 unspecified atom stereocenters. The van der Waals surface area contributed by atoms with Crippen LogP contribution in [0, 0.1) is 11.6 Å². The summed E-state index contributed by atoms with van der Waals surface area (Å²) in [7, 11) is 0. The zero-order valence-electron chi connectivity index (χ0n) is 9.33. The van der Waals surface area contributed by atoms with E-state index in [4.69, 9.17) is 17.4 Å². The van der Waals surface area contributed by atoms with Crippen LogP contribution in [-0.2, 0) is 0 Å². The summed E-state index contributed by atoms with van der Waals surface area (Å²) in [5, 5.41) is 0.392. The van der Waals surface area contributed by atoms with Crippen molar-refractivity contribution in [2.75, 3.05) is 0 Å². The molecule has 94 valence electrons. The number of nitrogens with one attached hydrogen (secondary N) is 1. The van der Waals surface area contributed by atoms with Crippen molar-refractivity contribution in [2.45, 2.75) is 6.04 Å². The molecule has 0 aliphatic heterocycles. The van der Waals surface area contributed by atoms with Gasteiger partial charge in [0.25, 0.3) is 0 Å². The Morgan fingerprint density at radius 2 is 1.89 bits per heavy atom. The van der Waals surface area contributed by atoms with E-state index in [1.54, 1.807) is 6.07 Å². The lowest BCUT2D eigenvalue weighted by molar-refractivity contribution is 0.555. The summed E-state index contributed by atoms with van der Waals surface area (Å²) in [6.45, 7) is 0. The third-order valence-corrected chi connectivity index (χ3v) is 2.85. The molecule has 0 heterocycles. The predicted molar refractivity (Wildman–Crippen MR) is 67.0 cm³/mol. The highest BCUT2D eigenvalue weighted by Crippen LogP contribution is 2.26. The molecular weight excluding hydrogens is 258 g/mol. The van der Waals surface area contributed by atoms with E-state index in [1.165, 1.54) is 36.4 Å². The molecule has 3 N–H and O–H groups in total. The van der Waals surface area contributed by atoms with Gasteiger partial charge in [0.2, 0.25) is 0 Å². The second kappa shape index (κ2) is 5.44. The van der Waals surface area contributed by atoms with Gasteiger partial charge in [-0.3, -0.25) is 5.84 Å². The summed E-state index contributed by atoms with van der Waals surface area (Å²) < 4.78 is 26.9. The van der Waals surface area contributed by atoms with Gasteiger partial charge < -0.3 is 0 Å². The number of halogens is 3. The Bertz CT molecular complexity index is 560. The number of hydrogen-bond donors (Lipinski definition) is 2. The quantitative estimate of drug-likeness (QED) is 0.663. The maximum absolute atomic E-state index is 13.7. The molecule has 0 aliphatic rings. The van der Waals surface area contributed by atoms with Gasteiger partial charge in [-0.15, -0.1) is 0 Å². The first-order chi connectivity index (χ1) is 8.61. The van der Waals surface area contributed by atoms with Gasteiger partial charge in [0.1, 0.15) is 11.6 Å². The molecule has 0 saturated carbocycles. The van der Waals surface area contributed by atoms with Crippen LogP contribution in [-0.4, -0.2) is 0 Å². The molecule has 2 rings (SSSR count).